The number of nitrogens with zero attached hydrogens (tertiary/aromatic N) is 2. The lowest BCUT2D eigenvalue weighted by Gasteiger charge is -2.23. The number of rotatable bonds is 3. The highest BCUT2D eigenvalue weighted by molar-refractivity contribution is 5.95. The minimum absolute atomic E-state index is 0.0210. The summed E-state index contributed by atoms with van der Waals surface area (Å²) in [6.45, 7) is 4.81. The highest BCUT2D eigenvalue weighted by atomic mass is 16.2. The molecule has 0 aliphatic carbocycles. The van der Waals surface area contributed by atoms with Gasteiger partial charge in [0.1, 0.15) is 0 Å². The third-order valence-electron chi connectivity index (χ3n) is 5.87. The van der Waals surface area contributed by atoms with Crippen molar-refractivity contribution in [3.8, 4) is 0 Å². The number of carbonyl (C=O) groups is 2. The monoisotopic (exact) mass is 362 g/mol. The Morgan fingerprint density at radius 2 is 1.52 bits per heavy atom. The van der Waals surface area contributed by atoms with Crippen LogP contribution in [0.3, 0.4) is 0 Å². The number of carbonyl (C=O) groups excluding carboxylic acids is 2. The summed E-state index contributed by atoms with van der Waals surface area (Å²) >= 11 is 0. The van der Waals surface area contributed by atoms with E-state index < -0.39 is 0 Å². The van der Waals surface area contributed by atoms with Crippen molar-refractivity contribution in [2.45, 2.75) is 25.7 Å². The molecule has 0 spiro atoms. The Morgan fingerprint density at radius 1 is 0.852 bits per heavy atom. The first-order chi connectivity index (χ1) is 13.1. The standard InChI is InChI=1S/C23H26N2O2/c1-17-9-11-19(12-10-17)22(26)25-15-20(18-7-3-2-4-8-18)21(16-25)23(27)24-13-5-6-14-24/h2-4,7-12,20-21H,5-6,13-16H2,1H3/t20-,21-/m0/s1. The Bertz CT molecular complexity index is 810. The van der Waals surface area contributed by atoms with E-state index in [4.69, 9.17) is 0 Å². The zero-order valence-electron chi connectivity index (χ0n) is 15.8. The number of hydrogen-bond acceptors (Lipinski definition) is 2. The first-order valence-corrected chi connectivity index (χ1v) is 9.83. The van der Waals surface area contributed by atoms with E-state index in [2.05, 4.69) is 12.1 Å². The van der Waals surface area contributed by atoms with Crippen molar-refractivity contribution < 1.29 is 9.59 Å². The normalized spacial score (nSPS) is 22.3. The van der Waals surface area contributed by atoms with Gasteiger partial charge < -0.3 is 9.80 Å². The van der Waals surface area contributed by atoms with E-state index in [1.807, 2.05) is 59.2 Å². The van der Waals surface area contributed by atoms with Crippen LogP contribution in [0.5, 0.6) is 0 Å². The van der Waals surface area contributed by atoms with Crippen molar-refractivity contribution in [3.05, 3.63) is 71.3 Å². The first kappa shape index (κ1) is 17.8. The fraction of sp³-hybridized carbons (Fsp3) is 0.391. The summed E-state index contributed by atoms with van der Waals surface area (Å²) in [6, 6.07) is 17.9. The highest BCUT2D eigenvalue weighted by Gasteiger charge is 2.42. The van der Waals surface area contributed by atoms with E-state index in [0.29, 0.717) is 18.7 Å². The molecule has 27 heavy (non-hydrogen) atoms. The summed E-state index contributed by atoms with van der Waals surface area (Å²) in [5, 5.41) is 0. The molecule has 0 N–H and O–H groups in total. The van der Waals surface area contributed by atoms with Gasteiger partial charge in [-0.2, -0.15) is 0 Å². The van der Waals surface area contributed by atoms with Crippen LogP contribution in [0.4, 0.5) is 0 Å². The fourth-order valence-corrected chi connectivity index (χ4v) is 4.31. The summed E-state index contributed by atoms with van der Waals surface area (Å²) in [5.74, 6) is 0.141. The molecule has 0 saturated carbocycles. The van der Waals surface area contributed by atoms with Crippen LogP contribution in [-0.2, 0) is 4.79 Å². The molecule has 2 saturated heterocycles. The second-order valence-electron chi connectivity index (χ2n) is 7.73. The number of likely N-dealkylation sites (tertiary alicyclic amines) is 2. The van der Waals surface area contributed by atoms with Crippen molar-refractivity contribution in [2.24, 2.45) is 5.92 Å². The van der Waals surface area contributed by atoms with Gasteiger partial charge in [0, 0.05) is 37.7 Å². The Kier molecular flexibility index (Phi) is 4.97. The first-order valence-electron chi connectivity index (χ1n) is 9.83. The molecule has 0 aromatic heterocycles. The van der Waals surface area contributed by atoms with Gasteiger partial charge in [-0.25, -0.2) is 0 Å². The van der Waals surface area contributed by atoms with Gasteiger partial charge in [0.15, 0.2) is 0 Å². The smallest absolute Gasteiger partial charge is 0.253 e. The van der Waals surface area contributed by atoms with Crippen LogP contribution >= 0.6 is 0 Å². The summed E-state index contributed by atoms with van der Waals surface area (Å²) in [6.07, 6.45) is 2.17. The third kappa shape index (κ3) is 3.61. The van der Waals surface area contributed by atoms with Crippen LogP contribution in [-0.4, -0.2) is 47.8 Å². The SMILES string of the molecule is Cc1ccc(C(=O)N2C[C@H](C(=O)N3CCCC3)[C@H](c3ccccc3)C2)cc1. The predicted molar refractivity (Wildman–Crippen MR) is 106 cm³/mol. The maximum atomic E-state index is 13.2. The third-order valence-corrected chi connectivity index (χ3v) is 5.87. The maximum Gasteiger partial charge on any atom is 0.253 e. The average Bonchev–Trinajstić information content (AvgIpc) is 3.38. The van der Waals surface area contributed by atoms with Gasteiger partial charge in [-0.05, 0) is 37.5 Å². The van der Waals surface area contributed by atoms with E-state index in [1.165, 1.54) is 0 Å². The summed E-state index contributed by atoms with van der Waals surface area (Å²) in [5.41, 5.74) is 2.98. The van der Waals surface area contributed by atoms with E-state index in [9.17, 15) is 9.59 Å². The molecule has 0 bridgehead atoms. The van der Waals surface area contributed by atoms with Gasteiger partial charge in [0.25, 0.3) is 5.91 Å². The Morgan fingerprint density at radius 3 is 2.19 bits per heavy atom. The average molecular weight is 362 g/mol. The Hall–Kier alpha value is -2.62. The van der Waals surface area contributed by atoms with Crippen LogP contribution in [0.1, 0.15) is 40.2 Å². The second kappa shape index (κ2) is 7.55. The lowest BCUT2D eigenvalue weighted by molar-refractivity contribution is -0.134. The molecule has 2 aliphatic rings. The van der Waals surface area contributed by atoms with Crippen molar-refractivity contribution >= 4 is 11.8 Å². The minimum atomic E-state index is -0.153. The van der Waals surface area contributed by atoms with Gasteiger partial charge in [-0.3, -0.25) is 9.59 Å². The van der Waals surface area contributed by atoms with Crippen LogP contribution in [0.2, 0.25) is 0 Å². The van der Waals surface area contributed by atoms with Gasteiger partial charge in [0.05, 0.1) is 5.92 Å². The molecule has 2 heterocycles. The van der Waals surface area contributed by atoms with Gasteiger partial charge >= 0.3 is 0 Å². The molecule has 2 aliphatic heterocycles. The molecule has 2 atom stereocenters. The van der Waals surface area contributed by atoms with E-state index in [0.717, 1.165) is 37.1 Å². The lowest BCUT2D eigenvalue weighted by Crippen LogP contribution is -2.37. The molecule has 0 radical (unpaired) electrons. The van der Waals surface area contributed by atoms with Crippen LogP contribution < -0.4 is 0 Å². The summed E-state index contributed by atoms with van der Waals surface area (Å²) in [7, 11) is 0. The van der Waals surface area contributed by atoms with Crippen LogP contribution in [0, 0.1) is 12.8 Å². The van der Waals surface area contributed by atoms with Crippen molar-refractivity contribution in [1.82, 2.24) is 9.80 Å². The predicted octanol–water partition coefficient (Wildman–Crippen LogP) is 3.47. The quantitative estimate of drug-likeness (QED) is 0.839. The van der Waals surface area contributed by atoms with Crippen LogP contribution in [0.15, 0.2) is 54.6 Å². The van der Waals surface area contributed by atoms with E-state index >= 15 is 0 Å². The number of hydrogen-bond donors (Lipinski definition) is 0. The van der Waals surface area contributed by atoms with Crippen LogP contribution in [0.25, 0.3) is 0 Å². The molecule has 2 fully saturated rings. The molecular formula is C23H26N2O2. The molecular weight excluding hydrogens is 336 g/mol. The molecule has 2 aromatic rings. The van der Waals surface area contributed by atoms with E-state index in [-0.39, 0.29) is 23.7 Å². The number of amides is 2. The molecule has 2 aromatic carbocycles. The van der Waals surface area contributed by atoms with Crippen molar-refractivity contribution in [3.63, 3.8) is 0 Å². The zero-order chi connectivity index (χ0) is 18.8. The molecule has 0 unspecified atom stereocenters. The topological polar surface area (TPSA) is 40.6 Å². The molecule has 4 heteroatoms. The fourth-order valence-electron chi connectivity index (χ4n) is 4.31. The Labute approximate surface area is 160 Å². The maximum absolute atomic E-state index is 13.2. The minimum Gasteiger partial charge on any atom is -0.342 e. The second-order valence-corrected chi connectivity index (χ2v) is 7.73. The highest BCUT2D eigenvalue weighted by Crippen LogP contribution is 2.35. The molecule has 2 amide bonds. The number of aryl methyl sites for hydroxylation is 1. The lowest BCUT2D eigenvalue weighted by atomic mass is 9.88. The number of benzene rings is 2. The van der Waals surface area contributed by atoms with Gasteiger partial charge in [-0.1, -0.05) is 48.0 Å². The molecule has 140 valence electrons. The Balaban J connectivity index is 1.59. The summed E-state index contributed by atoms with van der Waals surface area (Å²) in [4.78, 5) is 30.0. The van der Waals surface area contributed by atoms with Gasteiger partial charge in [-0.15, -0.1) is 0 Å². The van der Waals surface area contributed by atoms with E-state index in [1.54, 1.807) is 0 Å². The van der Waals surface area contributed by atoms with Crippen molar-refractivity contribution in [2.75, 3.05) is 26.2 Å². The zero-order valence-corrected chi connectivity index (χ0v) is 15.8. The largest absolute Gasteiger partial charge is 0.342 e. The molecule has 4 nitrogen and oxygen atoms in total. The van der Waals surface area contributed by atoms with Crippen molar-refractivity contribution in [1.29, 1.82) is 0 Å². The molecule has 4 rings (SSSR count). The van der Waals surface area contributed by atoms with Gasteiger partial charge in [0.2, 0.25) is 5.91 Å². The summed E-state index contributed by atoms with van der Waals surface area (Å²) < 4.78 is 0.